The lowest BCUT2D eigenvalue weighted by Crippen LogP contribution is -2.49. The summed E-state index contributed by atoms with van der Waals surface area (Å²) >= 11 is 0. The molecule has 1 aliphatic heterocycles. The SMILES string of the molecule is Nc1nccc(Cc2cc3c(cc2F)[C@](C#CC2CC2)(C(F)(F)F)OC(=O)N3)n1. The Labute approximate surface area is 162 Å². The minimum absolute atomic E-state index is 0.0194. The third kappa shape index (κ3) is 3.55. The number of halogens is 4. The predicted molar refractivity (Wildman–Crippen MR) is 94.0 cm³/mol. The fourth-order valence-corrected chi connectivity index (χ4v) is 2.99. The fraction of sp³-hybridized carbons (Fsp3) is 0.316. The Morgan fingerprint density at radius 1 is 1.34 bits per heavy atom. The van der Waals surface area contributed by atoms with Crippen LogP contribution in [0.4, 0.5) is 34.0 Å². The largest absolute Gasteiger partial charge is 0.445 e. The summed E-state index contributed by atoms with van der Waals surface area (Å²) in [5, 5.41) is 2.20. The van der Waals surface area contributed by atoms with E-state index in [0.717, 1.165) is 6.07 Å². The molecule has 1 fully saturated rings. The molecule has 0 saturated heterocycles. The molecule has 6 nitrogen and oxygen atoms in total. The van der Waals surface area contributed by atoms with Crippen molar-refractivity contribution < 1.29 is 27.1 Å². The van der Waals surface area contributed by atoms with Crippen molar-refractivity contribution in [1.82, 2.24) is 9.97 Å². The van der Waals surface area contributed by atoms with Crippen LogP contribution >= 0.6 is 0 Å². The number of hydrogen-bond acceptors (Lipinski definition) is 5. The maximum Gasteiger partial charge on any atom is 0.445 e. The molecule has 150 valence electrons. The van der Waals surface area contributed by atoms with Crippen molar-refractivity contribution in [2.45, 2.75) is 31.0 Å². The Morgan fingerprint density at radius 2 is 2.10 bits per heavy atom. The standard InChI is InChI=1S/C19H14F4N4O2/c20-14-9-13-15(8-11(14)7-12-4-6-25-16(24)26-12)27-17(28)29-18(13,19(21,22)23)5-3-10-1-2-10/h4,6,8-10H,1-2,7H2,(H,27,28)(H2,24,25,26)/t18-/m1/s1. The molecule has 10 heteroatoms. The fourth-order valence-electron chi connectivity index (χ4n) is 2.99. The van der Waals surface area contributed by atoms with Gasteiger partial charge in [0.15, 0.2) is 0 Å². The molecular weight excluding hydrogens is 392 g/mol. The van der Waals surface area contributed by atoms with Crippen LogP contribution < -0.4 is 11.1 Å². The number of aromatic nitrogens is 2. The van der Waals surface area contributed by atoms with Gasteiger partial charge in [-0.1, -0.05) is 5.92 Å². The zero-order valence-corrected chi connectivity index (χ0v) is 14.8. The van der Waals surface area contributed by atoms with Gasteiger partial charge in [-0.05, 0) is 42.5 Å². The molecule has 1 aliphatic carbocycles. The lowest BCUT2D eigenvalue weighted by atomic mass is 9.88. The van der Waals surface area contributed by atoms with E-state index in [2.05, 4.69) is 31.9 Å². The van der Waals surface area contributed by atoms with Gasteiger partial charge >= 0.3 is 12.3 Å². The Kier molecular flexibility index (Phi) is 4.33. The predicted octanol–water partition coefficient (Wildman–Crippen LogP) is 3.52. The molecular formula is C19H14F4N4O2. The average Bonchev–Trinajstić information content (AvgIpc) is 3.44. The van der Waals surface area contributed by atoms with Crippen molar-refractivity contribution in [3.8, 4) is 11.8 Å². The maximum absolute atomic E-state index is 14.7. The highest BCUT2D eigenvalue weighted by atomic mass is 19.4. The zero-order valence-electron chi connectivity index (χ0n) is 14.8. The first-order valence-electron chi connectivity index (χ1n) is 8.67. The second kappa shape index (κ2) is 6.62. The van der Waals surface area contributed by atoms with Gasteiger partial charge in [0.1, 0.15) is 5.82 Å². The molecule has 1 saturated carbocycles. The summed E-state index contributed by atoms with van der Waals surface area (Å²) < 4.78 is 61.3. The summed E-state index contributed by atoms with van der Waals surface area (Å²) in [5.74, 6) is 3.44. The topological polar surface area (TPSA) is 90.1 Å². The van der Waals surface area contributed by atoms with Crippen molar-refractivity contribution in [3.05, 3.63) is 47.0 Å². The van der Waals surface area contributed by atoms with Crippen molar-refractivity contribution in [2.75, 3.05) is 11.1 Å². The van der Waals surface area contributed by atoms with Crippen molar-refractivity contribution in [1.29, 1.82) is 0 Å². The number of nitrogens with one attached hydrogen (secondary N) is 1. The van der Waals surface area contributed by atoms with Crippen molar-refractivity contribution in [2.24, 2.45) is 5.92 Å². The first kappa shape index (κ1) is 19.0. The molecule has 1 aromatic heterocycles. The lowest BCUT2D eigenvalue weighted by Gasteiger charge is -2.36. The number of benzene rings is 1. The molecule has 0 bridgehead atoms. The van der Waals surface area contributed by atoms with Crippen LogP contribution in [0.15, 0.2) is 24.4 Å². The number of cyclic esters (lactones) is 1. The third-order valence-electron chi connectivity index (χ3n) is 4.58. The normalized spacial score (nSPS) is 20.8. The first-order valence-corrected chi connectivity index (χ1v) is 8.67. The minimum atomic E-state index is -5.06. The second-order valence-electron chi connectivity index (χ2n) is 6.81. The summed E-state index contributed by atoms with van der Waals surface area (Å²) in [5.41, 5.74) is 1.84. The van der Waals surface area contributed by atoms with E-state index in [1.165, 1.54) is 12.3 Å². The van der Waals surface area contributed by atoms with Crippen LogP contribution in [0.3, 0.4) is 0 Å². The molecule has 1 atom stereocenters. The zero-order chi connectivity index (χ0) is 20.8. The average molecular weight is 406 g/mol. The monoisotopic (exact) mass is 406 g/mol. The molecule has 3 N–H and O–H groups in total. The van der Waals surface area contributed by atoms with E-state index in [1.807, 2.05) is 0 Å². The number of nitrogens with zero attached hydrogens (tertiary/aromatic N) is 2. The number of fused-ring (bicyclic) bond motifs is 1. The number of carbonyl (C=O) groups excluding carboxylic acids is 1. The number of alkyl halides is 3. The van der Waals surface area contributed by atoms with E-state index >= 15 is 0 Å². The van der Waals surface area contributed by atoms with Gasteiger partial charge < -0.3 is 10.5 Å². The van der Waals surface area contributed by atoms with Gasteiger partial charge in [-0.25, -0.2) is 19.2 Å². The number of ether oxygens (including phenoxy) is 1. The lowest BCUT2D eigenvalue weighted by molar-refractivity contribution is -0.239. The third-order valence-corrected chi connectivity index (χ3v) is 4.58. The number of nitrogen functional groups attached to an aromatic ring is 1. The highest BCUT2D eigenvalue weighted by molar-refractivity contribution is 5.90. The van der Waals surface area contributed by atoms with E-state index in [1.54, 1.807) is 0 Å². The number of rotatable bonds is 2. The summed E-state index contributed by atoms with van der Waals surface area (Å²) in [7, 11) is 0. The van der Waals surface area contributed by atoms with Crippen LogP contribution in [0.1, 0.15) is 29.7 Å². The smallest absolute Gasteiger partial charge is 0.415 e. The molecule has 2 aliphatic rings. The van der Waals surface area contributed by atoms with Gasteiger partial charge in [-0.2, -0.15) is 13.2 Å². The Morgan fingerprint density at radius 3 is 2.76 bits per heavy atom. The summed E-state index contributed by atoms with van der Waals surface area (Å²) in [6.07, 6.45) is -3.70. The highest BCUT2D eigenvalue weighted by Crippen LogP contribution is 2.48. The van der Waals surface area contributed by atoms with Crippen LogP contribution in [0.25, 0.3) is 0 Å². The molecule has 29 heavy (non-hydrogen) atoms. The molecule has 4 rings (SSSR count). The number of anilines is 2. The summed E-state index contributed by atoms with van der Waals surface area (Å²) in [6, 6.07) is 3.32. The van der Waals surface area contributed by atoms with Gasteiger partial charge in [-0.15, -0.1) is 0 Å². The van der Waals surface area contributed by atoms with E-state index in [9.17, 15) is 22.4 Å². The van der Waals surface area contributed by atoms with Gasteiger partial charge in [0.2, 0.25) is 5.95 Å². The van der Waals surface area contributed by atoms with Crippen LogP contribution in [0.2, 0.25) is 0 Å². The van der Waals surface area contributed by atoms with Crippen LogP contribution in [0, 0.1) is 23.6 Å². The van der Waals surface area contributed by atoms with Crippen LogP contribution in [-0.4, -0.2) is 22.2 Å². The maximum atomic E-state index is 14.7. The quantitative estimate of drug-likeness (QED) is 0.588. The Balaban J connectivity index is 1.81. The number of hydrogen-bond donors (Lipinski definition) is 2. The second-order valence-corrected chi connectivity index (χ2v) is 6.81. The molecule has 2 aromatic rings. The van der Waals surface area contributed by atoms with Crippen molar-refractivity contribution >= 4 is 17.7 Å². The van der Waals surface area contributed by atoms with Crippen LogP contribution in [-0.2, 0) is 16.8 Å². The number of carbonyl (C=O) groups is 1. The minimum Gasteiger partial charge on any atom is -0.415 e. The van der Waals surface area contributed by atoms with Gasteiger partial charge in [0.25, 0.3) is 5.60 Å². The van der Waals surface area contributed by atoms with E-state index in [4.69, 9.17) is 5.73 Å². The van der Waals surface area contributed by atoms with Crippen molar-refractivity contribution in [3.63, 3.8) is 0 Å². The molecule has 1 aromatic carbocycles. The first-order chi connectivity index (χ1) is 13.7. The summed E-state index contributed by atoms with van der Waals surface area (Å²) in [6.45, 7) is 0. The van der Waals surface area contributed by atoms with Gasteiger partial charge in [-0.3, -0.25) is 5.32 Å². The Hall–Kier alpha value is -3.35. The molecule has 0 spiro atoms. The van der Waals surface area contributed by atoms with Gasteiger partial charge in [0.05, 0.1) is 11.4 Å². The van der Waals surface area contributed by atoms with Gasteiger partial charge in [0, 0.05) is 24.1 Å². The van der Waals surface area contributed by atoms with E-state index < -0.39 is 29.3 Å². The molecule has 0 unspecified atom stereocenters. The van der Waals surface area contributed by atoms with E-state index in [0.29, 0.717) is 24.6 Å². The number of nitrogens with two attached hydrogens (primary N) is 1. The molecule has 2 heterocycles. The molecule has 1 amide bonds. The van der Waals surface area contributed by atoms with E-state index in [-0.39, 0.29) is 29.5 Å². The molecule has 0 radical (unpaired) electrons. The highest BCUT2D eigenvalue weighted by Gasteiger charge is 2.62. The Bertz CT molecular complexity index is 1060. The number of amides is 1. The van der Waals surface area contributed by atoms with Crippen LogP contribution in [0.5, 0.6) is 0 Å². The summed E-state index contributed by atoms with van der Waals surface area (Å²) in [4.78, 5) is 19.6.